The summed E-state index contributed by atoms with van der Waals surface area (Å²) in [5, 5.41) is 0. The van der Waals surface area contributed by atoms with E-state index in [4.69, 9.17) is 4.74 Å². The summed E-state index contributed by atoms with van der Waals surface area (Å²) in [5.41, 5.74) is 2.98. The monoisotopic (exact) mass is 268 g/mol. The molecule has 0 saturated carbocycles. The Kier molecular flexibility index (Phi) is 4.57. The van der Waals surface area contributed by atoms with Crippen LogP contribution in [0.2, 0.25) is 0 Å². The third-order valence-corrected chi connectivity index (χ3v) is 3.51. The van der Waals surface area contributed by atoms with Crippen LogP contribution >= 0.6 is 0 Å². The number of carbonyl (C=O) groups is 1. The van der Waals surface area contributed by atoms with Crippen molar-refractivity contribution in [2.24, 2.45) is 0 Å². The maximum atomic E-state index is 12.4. The van der Waals surface area contributed by atoms with Gasteiger partial charge in [-0.25, -0.2) is 0 Å². The third-order valence-electron chi connectivity index (χ3n) is 3.51. The van der Waals surface area contributed by atoms with Gasteiger partial charge in [0.1, 0.15) is 5.75 Å². The molecule has 0 fully saturated rings. The van der Waals surface area contributed by atoms with Gasteiger partial charge in [0.25, 0.3) is 0 Å². The summed E-state index contributed by atoms with van der Waals surface area (Å²) in [6, 6.07) is 15.7. The molecule has 2 aromatic carbocycles. The van der Waals surface area contributed by atoms with Crippen LogP contribution in [0.25, 0.3) is 0 Å². The van der Waals surface area contributed by atoms with Crippen LogP contribution in [-0.4, -0.2) is 5.97 Å². The first kappa shape index (κ1) is 14.3. The summed E-state index contributed by atoms with van der Waals surface area (Å²) >= 11 is 0. The molecule has 0 radical (unpaired) electrons. The number of ether oxygens (including phenoxy) is 1. The van der Waals surface area contributed by atoms with Crippen molar-refractivity contribution in [3.05, 3.63) is 65.2 Å². The zero-order valence-corrected chi connectivity index (χ0v) is 12.2. The fourth-order valence-electron chi connectivity index (χ4n) is 2.36. The first-order chi connectivity index (χ1) is 9.63. The Morgan fingerprint density at radius 2 is 1.60 bits per heavy atom. The van der Waals surface area contributed by atoms with E-state index in [1.165, 1.54) is 0 Å². The zero-order chi connectivity index (χ0) is 14.5. The molecule has 0 bridgehead atoms. The molecule has 0 aliphatic heterocycles. The summed E-state index contributed by atoms with van der Waals surface area (Å²) in [5.74, 6) is 0.290. The predicted molar refractivity (Wildman–Crippen MR) is 81.0 cm³/mol. The first-order valence-electron chi connectivity index (χ1n) is 6.96. The van der Waals surface area contributed by atoms with Gasteiger partial charge in [-0.05, 0) is 37.0 Å². The molecule has 2 aromatic rings. The van der Waals surface area contributed by atoms with Gasteiger partial charge in [0.15, 0.2) is 0 Å². The number of carbonyl (C=O) groups excluding carboxylic acids is 1. The Morgan fingerprint density at radius 1 is 1.00 bits per heavy atom. The van der Waals surface area contributed by atoms with Crippen molar-refractivity contribution in [2.45, 2.75) is 33.1 Å². The molecule has 0 saturated heterocycles. The number of benzene rings is 2. The first-order valence-corrected chi connectivity index (χ1v) is 6.96. The molecule has 0 aliphatic rings. The highest BCUT2D eigenvalue weighted by atomic mass is 16.5. The van der Waals surface area contributed by atoms with Gasteiger partial charge in [-0.1, -0.05) is 55.5 Å². The highest BCUT2D eigenvalue weighted by Gasteiger charge is 2.21. The average molecular weight is 268 g/mol. The molecule has 0 aromatic heterocycles. The Bertz CT molecular complexity index is 567. The maximum absolute atomic E-state index is 12.4. The minimum atomic E-state index is -0.213. The lowest BCUT2D eigenvalue weighted by Gasteiger charge is -2.16. The van der Waals surface area contributed by atoms with E-state index in [0.29, 0.717) is 5.75 Å². The Labute approximate surface area is 120 Å². The number of rotatable bonds is 4. The largest absolute Gasteiger partial charge is 0.426 e. The molecule has 1 atom stereocenters. The van der Waals surface area contributed by atoms with Crippen molar-refractivity contribution in [3.8, 4) is 5.75 Å². The molecular weight excluding hydrogens is 248 g/mol. The molecule has 0 N–H and O–H groups in total. The highest BCUT2D eigenvalue weighted by molar-refractivity contribution is 5.80. The van der Waals surface area contributed by atoms with Crippen LogP contribution in [0.5, 0.6) is 5.75 Å². The van der Waals surface area contributed by atoms with Crippen molar-refractivity contribution < 1.29 is 9.53 Å². The van der Waals surface area contributed by atoms with Crippen LogP contribution in [0.15, 0.2) is 48.5 Å². The van der Waals surface area contributed by atoms with Crippen molar-refractivity contribution in [1.82, 2.24) is 0 Å². The summed E-state index contributed by atoms with van der Waals surface area (Å²) in [7, 11) is 0. The van der Waals surface area contributed by atoms with Gasteiger partial charge in [0, 0.05) is 0 Å². The molecular formula is C18H20O2. The van der Waals surface area contributed by atoms with E-state index >= 15 is 0 Å². The molecule has 20 heavy (non-hydrogen) atoms. The SMILES string of the molecule is CCC(C(=O)Oc1c(C)cccc1C)c1ccccc1. The number of esters is 1. The average Bonchev–Trinajstić information content (AvgIpc) is 2.45. The van der Waals surface area contributed by atoms with Gasteiger partial charge in [-0.3, -0.25) is 4.79 Å². The van der Waals surface area contributed by atoms with Gasteiger partial charge in [0.2, 0.25) is 0 Å². The molecule has 0 heterocycles. The highest BCUT2D eigenvalue weighted by Crippen LogP contribution is 2.27. The van der Waals surface area contributed by atoms with Gasteiger partial charge in [-0.2, -0.15) is 0 Å². The van der Waals surface area contributed by atoms with Gasteiger partial charge < -0.3 is 4.74 Å². The van der Waals surface area contributed by atoms with E-state index in [2.05, 4.69) is 0 Å². The molecule has 0 spiro atoms. The van der Waals surface area contributed by atoms with Crippen LogP contribution in [0.4, 0.5) is 0 Å². The van der Waals surface area contributed by atoms with E-state index in [-0.39, 0.29) is 11.9 Å². The van der Waals surface area contributed by atoms with Gasteiger partial charge >= 0.3 is 5.97 Å². The Balaban J connectivity index is 2.23. The topological polar surface area (TPSA) is 26.3 Å². The molecule has 2 nitrogen and oxygen atoms in total. The molecule has 0 aliphatic carbocycles. The smallest absolute Gasteiger partial charge is 0.318 e. The maximum Gasteiger partial charge on any atom is 0.318 e. The normalized spacial score (nSPS) is 11.9. The fraction of sp³-hybridized carbons (Fsp3) is 0.278. The van der Waals surface area contributed by atoms with E-state index in [0.717, 1.165) is 23.1 Å². The number of hydrogen-bond acceptors (Lipinski definition) is 2. The lowest BCUT2D eigenvalue weighted by atomic mass is 9.97. The van der Waals surface area contributed by atoms with Gasteiger partial charge in [0.05, 0.1) is 5.92 Å². The number of hydrogen-bond donors (Lipinski definition) is 0. The predicted octanol–water partition coefficient (Wildman–Crippen LogP) is 4.40. The summed E-state index contributed by atoms with van der Waals surface area (Å²) < 4.78 is 5.64. The van der Waals surface area contributed by atoms with Crippen molar-refractivity contribution >= 4 is 5.97 Å². The molecule has 0 amide bonds. The van der Waals surface area contributed by atoms with E-state index in [1.807, 2.05) is 69.3 Å². The van der Waals surface area contributed by atoms with Crippen molar-refractivity contribution in [3.63, 3.8) is 0 Å². The summed E-state index contributed by atoms with van der Waals surface area (Å²) in [6.07, 6.45) is 0.730. The van der Waals surface area contributed by atoms with Crippen molar-refractivity contribution in [1.29, 1.82) is 0 Å². The van der Waals surface area contributed by atoms with Crippen molar-refractivity contribution in [2.75, 3.05) is 0 Å². The fourth-order valence-corrected chi connectivity index (χ4v) is 2.36. The minimum absolute atomic E-state index is 0.184. The second kappa shape index (κ2) is 6.38. The standard InChI is InChI=1S/C18H20O2/c1-4-16(15-11-6-5-7-12-15)18(19)20-17-13(2)9-8-10-14(17)3/h5-12,16H,4H2,1-3H3. The molecule has 2 rings (SSSR count). The van der Waals surface area contributed by atoms with Gasteiger partial charge in [-0.15, -0.1) is 0 Å². The number of aryl methyl sites for hydroxylation is 2. The number of para-hydroxylation sites is 1. The van der Waals surface area contributed by atoms with E-state index in [9.17, 15) is 4.79 Å². The van der Waals surface area contributed by atoms with E-state index in [1.54, 1.807) is 0 Å². The zero-order valence-electron chi connectivity index (χ0n) is 12.2. The Hall–Kier alpha value is -2.09. The van der Waals surface area contributed by atoms with Crippen LogP contribution in [0.1, 0.15) is 36.0 Å². The van der Waals surface area contributed by atoms with Crippen LogP contribution in [0, 0.1) is 13.8 Å². The summed E-state index contributed by atoms with van der Waals surface area (Å²) in [4.78, 5) is 12.4. The van der Waals surface area contributed by atoms with E-state index < -0.39 is 0 Å². The summed E-state index contributed by atoms with van der Waals surface area (Å²) in [6.45, 7) is 5.92. The van der Waals surface area contributed by atoms with Crippen LogP contribution < -0.4 is 4.74 Å². The second-order valence-electron chi connectivity index (χ2n) is 5.01. The Morgan fingerprint density at radius 3 is 2.15 bits per heavy atom. The molecule has 2 heteroatoms. The third kappa shape index (κ3) is 3.08. The molecule has 1 unspecified atom stereocenters. The quantitative estimate of drug-likeness (QED) is 0.606. The lowest BCUT2D eigenvalue weighted by molar-refractivity contribution is -0.136. The molecule has 104 valence electrons. The lowest BCUT2D eigenvalue weighted by Crippen LogP contribution is -2.19. The van der Waals surface area contributed by atoms with Crippen LogP contribution in [0.3, 0.4) is 0 Å². The second-order valence-corrected chi connectivity index (χ2v) is 5.01. The minimum Gasteiger partial charge on any atom is -0.426 e. The van der Waals surface area contributed by atoms with Crippen LogP contribution in [-0.2, 0) is 4.79 Å².